The van der Waals surface area contributed by atoms with E-state index in [9.17, 15) is 8.42 Å². The fourth-order valence-corrected chi connectivity index (χ4v) is 2.66. The topological polar surface area (TPSA) is 83.4 Å². The van der Waals surface area contributed by atoms with Crippen molar-refractivity contribution < 1.29 is 26.9 Å². The van der Waals surface area contributed by atoms with Crippen LogP contribution in [0.15, 0.2) is 5.16 Å². The van der Waals surface area contributed by atoms with E-state index in [4.69, 9.17) is 18.5 Å². The molecule has 0 fully saturated rings. The maximum absolute atomic E-state index is 11.5. The first-order valence-corrected chi connectivity index (χ1v) is 10.3. The summed E-state index contributed by atoms with van der Waals surface area (Å²) in [5, 5.41) is 3.79. The van der Waals surface area contributed by atoms with Gasteiger partial charge in [-0.15, -0.1) is 0 Å². The molecule has 0 spiro atoms. The van der Waals surface area contributed by atoms with E-state index in [1.165, 1.54) is 13.3 Å². The number of rotatable bonds is 15. The molecule has 0 saturated heterocycles. The molecular formula is C16H33NO6S. The first kappa shape index (κ1) is 23.3. The van der Waals surface area contributed by atoms with Crippen LogP contribution in [0, 0.1) is 0 Å². The lowest BCUT2D eigenvalue weighted by Gasteiger charge is -2.29. The van der Waals surface area contributed by atoms with Crippen LogP contribution < -0.4 is 0 Å². The van der Waals surface area contributed by atoms with Crippen LogP contribution in [0.3, 0.4) is 0 Å². The second-order valence-electron chi connectivity index (χ2n) is 5.99. The Balaban J connectivity index is 4.92. The molecule has 0 N–H and O–H groups in total. The number of hydrogen-bond donors (Lipinski definition) is 0. The van der Waals surface area contributed by atoms with Crippen LogP contribution in [0.4, 0.5) is 0 Å². The summed E-state index contributed by atoms with van der Waals surface area (Å²) in [5.74, 6) is 0. The highest BCUT2D eigenvalue weighted by Crippen LogP contribution is 2.20. The van der Waals surface area contributed by atoms with Gasteiger partial charge >= 0.3 is 0 Å². The largest absolute Gasteiger partial charge is 0.399 e. The molecule has 0 unspecified atom stereocenters. The van der Waals surface area contributed by atoms with Crippen molar-refractivity contribution in [1.82, 2.24) is 0 Å². The zero-order chi connectivity index (χ0) is 18.5. The monoisotopic (exact) mass is 367 g/mol. The number of unbranched alkanes of at least 4 members (excludes halogenated alkanes) is 2. The summed E-state index contributed by atoms with van der Waals surface area (Å²) in [4.78, 5) is 4.74. The SMILES string of the molecule is CCCCOC[C@H](C[C@](C)(/C=N/OC)OCCCC)OS(C)(=O)=O. The number of oxime groups is 1. The maximum atomic E-state index is 11.5. The van der Waals surface area contributed by atoms with Gasteiger partial charge in [0.2, 0.25) is 0 Å². The zero-order valence-corrected chi connectivity index (χ0v) is 16.4. The third kappa shape index (κ3) is 12.7. The van der Waals surface area contributed by atoms with Crippen LogP contribution in [0.5, 0.6) is 0 Å². The minimum absolute atomic E-state index is 0.181. The van der Waals surface area contributed by atoms with Gasteiger partial charge in [0, 0.05) is 19.6 Å². The van der Waals surface area contributed by atoms with Crippen LogP contribution in [-0.2, 0) is 28.6 Å². The molecule has 0 rings (SSSR count). The lowest BCUT2D eigenvalue weighted by atomic mass is 9.99. The van der Waals surface area contributed by atoms with Gasteiger partial charge in [0.1, 0.15) is 18.8 Å². The lowest BCUT2D eigenvalue weighted by molar-refractivity contribution is -0.0293. The van der Waals surface area contributed by atoms with Crippen molar-refractivity contribution >= 4 is 16.3 Å². The van der Waals surface area contributed by atoms with Crippen molar-refractivity contribution in [2.24, 2.45) is 5.16 Å². The molecule has 24 heavy (non-hydrogen) atoms. The Morgan fingerprint density at radius 1 is 1.17 bits per heavy atom. The molecule has 0 aromatic rings. The zero-order valence-electron chi connectivity index (χ0n) is 15.6. The van der Waals surface area contributed by atoms with Crippen LogP contribution in [0.1, 0.15) is 52.9 Å². The Morgan fingerprint density at radius 3 is 2.33 bits per heavy atom. The summed E-state index contributed by atoms with van der Waals surface area (Å²) in [6.07, 6.45) is 6.05. The molecular weight excluding hydrogens is 334 g/mol. The van der Waals surface area contributed by atoms with Gasteiger partial charge in [0.15, 0.2) is 0 Å². The Hall–Kier alpha value is -0.700. The molecule has 0 aliphatic carbocycles. The van der Waals surface area contributed by atoms with Gasteiger partial charge in [-0.1, -0.05) is 31.8 Å². The number of ether oxygens (including phenoxy) is 2. The molecule has 0 bridgehead atoms. The van der Waals surface area contributed by atoms with Crippen LogP contribution in [-0.4, -0.2) is 59.5 Å². The van der Waals surface area contributed by atoms with E-state index >= 15 is 0 Å². The van der Waals surface area contributed by atoms with Crippen LogP contribution >= 0.6 is 0 Å². The van der Waals surface area contributed by atoms with Gasteiger partial charge in [-0.25, -0.2) is 0 Å². The van der Waals surface area contributed by atoms with Gasteiger partial charge in [-0.3, -0.25) is 4.18 Å². The molecule has 2 atom stereocenters. The predicted octanol–water partition coefficient (Wildman–Crippen LogP) is 2.75. The highest BCUT2D eigenvalue weighted by molar-refractivity contribution is 7.86. The lowest BCUT2D eigenvalue weighted by Crippen LogP contribution is -2.39. The molecule has 0 aliphatic rings. The number of hydrogen-bond acceptors (Lipinski definition) is 7. The van der Waals surface area contributed by atoms with Crippen molar-refractivity contribution in [1.29, 1.82) is 0 Å². The standard InChI is InChI=1S/C16H33NO6S/c1-6-8-10-21-13-15(23-24(5,18)19)12-16(3,14-17-20-4)22-11-9-7-2/h14-15H,6-13H2,1-5H3/b17-14+/t15-,16+/m0/s1. The molecule has 0 aromatic heterocycles. The second-order valence-corrected chi connectivity index (χ2v) is 7.59. The average molecular weight is 368 g/mol. The van der Waals surface area contributed by atoms with Gasteiger partial charge in [-0.2, -0.15) is 8.42 Å². The Labute approximate surface area is 146 Å². The van der Waals surface area contributed by atoms with E-state index in [2.05, 4.69) is 19.0 Å². The van der Waals surface area contributed by atoms with Crippen LogP contribution in [0.2, 0.25) is 0 Å². The first-order chi connectivity index (χ1) is 11.3. The summed E-state index contributed by atoms with van der Waals surface area (Å²) in [6.45, 7) is 7.26. The van der Waals surface area contributed by atoms with E-state index in [0.717, 1.165) is 31.9 Å². The molecule has 144 valence electrons. The fraction of sp³-hybridized carbons (Fsp3) is 0.938. The Morgan fingerprint density at radius 2 is 1.79 bits per heavy atom. The molecule has 0 aliphatic heterocycles. The van der Waals surface area contributed by atoms with Crippen molar-refractivity contribution in [2.45, 2.75) is 64.6 Å². The van der Waals surface area contributed by atoms with Gasteiger partial charge in [-0.05, 0) is 19.8 Å². The molecule has 0 saturated carbocycles. The van der Waals surface area contributed by atoms with Gasteiger partial charge in [0.05, 0.1) is 19.1 Å². The number of nitrogens with zero attached hydrogens (tertiary/aromatic N) is 1. The van der Waals surface area contributed by atoms with E-state index in [0.29, 0.717) is 19.6 Å². The van der Waals surface area contributed by atoms with Crippen molar-refractivity contribution in [2.75, 3.05) is 33.2 Å². The molecule has 8 heteroatoms. The molecule has 0 aromatic carbocycles. The molecule has 7 nitrogen and oxygen atoms in total. The van der Waals surface area contributed by atoms with Gasteiger partial charge < -0.3 is 14.3 Å². The highest BCUT2D eigenvalue weighted by Gasteiger charge is 2.30. The summed E-state index contributed by atoms with van der Waals surface area (Å²) in [6, 6.07) is 0. The summed E-state index contributed by atoms with van der Waals surface area (Å²) in [7, 11) is -2.15. The summed E-state index contributed by atoms with van der Waals surface area (Å²) >= 11 is 0. The van der Waals surface area contributed by atoms with E-state index in [1.54, 1.807) is 0 Å². The van der Waals surface area contributed by atoms with Crippen LogP contribution in [0.25, 0.3) is 0 Å². The Bertz CT molecular complexity index is 440. The summed E-state index contributed by atoms with van der Waals surface area (Å²) < 4.78 is 39.6. The third-order valence-electron chi connectivity index (χ3n) is 3.25. The van der Waals surface area contributed by atoms with Crippen molar-refractivity contribution in [3.63, 3.8) is 0 Å². The normalized spacial score (nSPS) is 16.2. The van der Waals surface area contributed by atoms with E-state index < -0.39 is 21.8 Å². The molecule has 0 amide bonds. The average Bonchev–Trinajstić information content (AvgIpc) is 2.48. The smallest absolute Gasteiger partial charge is 0.264 e. The highest BCUT2D eigenvalue weighted by atomic mass is 32.2. The molecule has 0 heterocycles. The molecule has 0 radical (unpaired) electrons. The maximum Gasteiger partial charge on any atom is 0.264 e. The van der Waals surface area contributed by atoms with Gasteiger partial charge in [0.25, 0.3) is 10.1 Å². The predicted molar refractivity (Wildman–Crippen MR) is 94.8 cm³/mol. The summed E-state index contributed by atoms with van der Waals surface area (Å²) in [5.41, 5.74) is -0.797. The minimum Gasteiger partial charge on any atom is -0.399 e. The fourth-order valence-electron chi connectivity index (χ4n) is 2.04. The van der Waals surface area contributed by atoms with E-state index in [-0.39, 0.29) is 6.61 Å². The second kappa shape index (κ2) is 12.6. The quantitative estimate of drug-likeness (QED) is 0.191. The van der Waals surface area contributed by atoms with Crippen molar-refractivity contribution in [3.8, 4) is 0 Å². The van der Waals surface area contributed by atoms with E-state index in [1.807, 2.05) is 6.92 Å². The Kier molecular flexibility index (Phi) is 12.3. The first-order valence-electron chi connectivity index (χ1n) is 8.44. The minimum atomic E-state index is -3.60. The van der Waals surface area contributed by atoms with Crippen molar-refractivity contribution in [3.05, 3.63) is 0 Å². The third-order valence-corrected chi connectivity index (χ3v) is 3.87.